The molecule has 2 aromatic rings. The summed E-state index contributed by atoms with van der Waals surface area (Å²) in [6, 6.07) is 7.98. The number of hydrogen-bond donors (Lipinski definition) is 1. The molecule has 1 aliphatic rings. The molecule has 0 spiro atoms. The third-order valence-corrected chi connectivity index (χ3v) is 6.30. The first-order valence-corrected chi connectivity index (χ1v) is 11.6. The molecule has 0 atom stereocenters. The van der Waals surface area contributed by atoms with Crippen molar-refractivity contribution in [1.29, 1.82) is 0 Å². The van der Waals surface area contributed by atoms with Gasteiger partial charge in [0, 0.05) is 16.9 Å². The van der Waals surface area contributed by atoms with Gasteiger partial charge in [-0.25, -0.2) is 4.98 Å². The first-order chi connectivity index (χ1) is 13.7. The average Bonchev–Trinajstić information content (AvgIpc) is 3.20. The van der Waals surface area contributed by atoms with E-state index in [0.29, 0.717) is 5.13 Å². The van der Waals surface area contributed by atoms with Crippen molar-refractivity contribution in [2.24, 2.45) is 11.8 Å². The van der Waals surface area contributed by atoms with Crippen molar-refractivity contribution >= 4 is 22.4 Å². The maximum atomic E-state index is 12.6. The van der Waals surface area contributed by atoms with Gasteiger partial charge in [0.15, 0.2) is 5.13 Å². The highest BCUT2D eigenvalue weighted by atomic mass is 32.1. The van der Waals surface area contributed by atoms with E-state index in [2.05, 4.69) is 24.1 Å². The molecule has 0 aliphatic heterocycles. The summed E-state index contributed by atoms with van der Waals surface area (Å²) in [6.07, 6.45) is 9.30. The highest BCUT2D eigenvalue weighted by Gasteiger charge is 2.26. The monoisotopic (exact) mass is 400 g/mol. The molecule has 3 rings (SSSR count). The van der Waals surface area contributed by atoms with Crippen LogP contribution in [0.3, 0.4) is 0 Å². The fourth-order valence-corrected chi connectivity index (χ4v) is 4.54. The predicted molar refractivity (Wildman–Crippen MR) is 117 cm³/mol. The fraction of sp³-hybridized carbons (Fsp3) is 0.565. The van der Waals surface area contributed by atoms with Crippen LogP contribution in [0.5, 0.6) is 5.75 Å². The molecule has 152 valence electrons. The summed E-state index contributed by atoms with van der Waals surface area (Å²) in [5, 5.41) is 5.74. The number of unbranched alkanes of at least 4 members (excludes halogenated alkanes) is 1. The van der Waals surface area contributed by atoms with Crippen LogP contribution in [0.2, 0.25) is 0 Å². The molecule has 1 saturated carbocycles. The summed E-state index contributed by atoms with van der Waals surface area (Å²) in [4.78, 5) is 17.2. The van der Waals surface area contributed by atoms with Crippen molar-refractivity contribution in [2.75, 3.05) is 11.9 Å². The van der Waals surface area contributed by atoms with Gasteiger partial charge in [0.25, 0.3) is 0 Å². The Kier molecular flexibility index (Phi) is 7.90. The van der Waals surface area contributed by atoms with Gasteiger partial charge in [0.1, 0.15) is 5.75 Å². The highest BCUT2D eigenvalue weighted by molar-refractivity contribution is 7.14. The minimum atomic E-state index is 0.137. The van der Waals surface area contributed by atoms with Crippen molar-refractivity contribution in [3.63, 3.8) is 0 Å². The molecule has 1 aromatic carbocycles. The van der Waals surface area contributed by atoms with Crippen molar-refractivity contribution in [1.82, 2.24) is 4.98 Å². The number of anilines is 1. The summed E-state index contributed by atoms with van der Waals surface area (Å²) in [5.41, 5.74) is 1.93. The van der Waals surface area contributed by atoms with Gasteiger partial charge < -0.3 is 10.1 Å². The number of amides is 1. The van der Waals surface area contributed by atoms with Crippen molar-refractivity contribution < 1.29 is 9.53 Å². The standard InChI is InChI=1S/C23H32N2O2S/c1-3-5-6-17-7-9-19(10-8-17)22(26)25-23-24-21(16-28-23)18-11-13-20(14-12-18)27-15-4-2/h11-14,16-17,19H,3-10,15H2,1-2H3,(H,24,25,26). The lowest BCUT2D eigenvalue weighted by Gasteiger charge is -2.27. The molecular weight excluding hydrogens is 368 g/mol. The largest absolute Gasteiger partial charge is 0.494 e. The predicted octanol–water partition coefficient (Wildman–Crippen LogP) is 6.53. The van der Waals surface area contributed by atoms with Gasteiger partial charge in [-0.15, -0.1) is 11.3 Å². The van der Waals surface area contributed by atoms with Crippen molar-refractivity contribution in [2.45, 2.75) is 65.2 Å². The number of nitrogens with one attached hydrogen (secondary N) is 1. The van der Waals surface area contributed by atoms with Crippen LogP contribution in [0.4, 0.5) is 5.13 Å². The van der Waals surface area contributed by atoms with Crippen LogP contribution in [0.15, 0.2) is 29.6 Å². The third-order valence-electron chi connectivity index (χ3n) is 5.54. The molecule has 0 bridgehead atoms. The Morgan fingerprint density at radius 1 is 1.14 bits per heavy atom. The average molecular weight is 401 g/mol. The van der Waals surface area contributed by atoms with Crippen LogP contribution in [-0.4, -0.2) is 17.5 Å². The van der Waals surface area contributed by atoms with Crippen molar-refractivity contribution in [3.05, 3.63) is 29.6 Å². The lowest BCUT2D eigenvalue weighted by atomic mass is 9.79. The number of nitrogens with zero attached hydrogens (tertiary/aromatic N) is 1. The molecule has 1 aliphatic carbocycles. The van der Waals surface area contributed by atoms with Gasteiger partial charge in [-0.2, -0.15) is 0 Å². The van der Waals surface area contributed by atoms with Crippen LogP contribution in [-0.2, 0) is 4.79 Å². The van der Waals surface area contributed by atoms with Crippen LogP contribution in [0.25, 0.3) is 11.3 Å². The van der Waals surface area contributed by atoms with Crippen molar-refractivity contribution in [3.8, 4) is 17.0 Å². The minimum absolute atomic E-state index is 0.137. The number of thiazole rings is 1. The van der Waals surface area contributed by atoms with E-state index in [9.17, 15) is 4.79 Å². The zero-order chi connectivity index (χ0) is 19.8. The molecule has 1 aromatic heterocycles. The molecule has 1 fully saturated rings. The maximum Gasteiger partial charge on any atom is 0.229 e. The SMILES string of the molecule is CCCCC1CCC(C(=O)Nc2nc(-c3ccc(OCCC)cc3)cs2)CC1. The maximum absolute atomic E-state index is 12.6. The first kappa shape index (κ1) is 20.8. The second-order valence-electron chi connectivity index (χ2n) is 7.76. The topological polar surface area (TPSA) is 51.2 Å². The molecule has 1 heterocycles. The van der Waals surface area contributed by atoms with E-state index in [0.717, 1.165) is 48.8 Å². The molecule has 0 unspecified atom stereocenters. The van der Waals surface area contributed by atoms with E-state index in [1.807, 2.05) is 29.6 Å². The molecule has 1 amide bonds. The molecule has 28 heavy (non-hydrogen) atoms. The third kappa shape index (κ3) is 5.81. The Bertz CT molecular complexity index is 733. The summed E-state index contributed by atoms with van der Waals surface area (Å²) in [5.74, 6) is 1.97. The first-order valence-electron chi connectivity index (χ1n) is 10.7. The van der Waals surface area contributed by atoms with E-state index < -0.39 is 0 Å². The van der Waals surface area contributed by atoms with Crippen LogP contribution >= 0.6 is 11.3 Å². The number of hydrogen-bond acceptors (Lipinski definition) is 4. The van der Waals surface area contributed by atoms with Crippen LogP contribution in [0, 0.1) is 11.8 Å². The summed E-state index contributed by atoms with van der Waals surface area (Å²) >= 11 is 1.49. The summed E-state index contributed by atoms with van der Waals surface area (Å²) < 4.78 is 5.63. The molecule has 0 saturated heterocycles. The van der Waals surface area contributed by atoms with E-state index in [4.69, 9.17) is 4.74 Å². The van der Waals surface area contributed by atoms with Crippen LogP contribution < -0.4 is 10.1 Å². The Labute approximate surface area is 172 Å². The van der Waals surface area contributed by atoms with E-state index in [-0.39, 0.29) is 11.8 Å². The van der Waals surface area contributed by atoms with E-state index in [1.165, 1.54) is 43.4 Å². The molecule has 0 radical (unpaired) electrons. The van der Waals surface area contributed by atoms with E-state index >= 15 is 0 Å². The molecule has 4 nitrogen and oxygen atoms in total. The smallest absolute Gasteiger partial charge is 0.229 e. The zero-order valence-electron chi connectivity index (χ0n) is 17.1. The molecule has 1 N–H and O–H groups in total. The van der Waals surface area contributed by atoms with Gasteiger partial charge in [0.05, 0.1) is 12.3 Å². The lowest BCUT2D eigenvalue weighted by molar-refractivity contribution is -0.121. The lowest BCUT2D eigenvalue weighted by Crippen LogP contribution is -2.27. The number of rotatable bonds is 9. The normalized spacial score (nSPS) is 19.4. The van der Waals surface area contributed by atoms with Gasteiger partial charge in [0.2, 0.25) is 5.91 Å². The Morgan fingerprint density at radius 2 is 1.89 bits per heavy atom. The Hall–Kier alpha value is -1.88. The second-order valence-corrected chi connectivity index (χ2v) is 8.62. The molecular formula is C23H32N2O2S. The highest BCUT2D eigenvalue weighted by Crippen LogP contribution is 2.33. The number of ether oxygens (including phenoxy) is 1. The van der Waals surface area contributed by atoms with Crippen LogP contribution in [0.1, 0.15) is 65.2 Å². The van der Waals surface area contributed by atoms with E-state index in [1.54, 1.807) is 0 Å². The van der Waals surface area contributed by atoms with Gasteiger partial charge in [-0.3, -0.25) is 4.79 Å². The molecule has 5 heteroatoms. The Morgan fingerprint density at radius 3 is 2.57 bits per heavy atom. The summed E-state index contributed by atoms with van der Waals surface area (Å²) in [7, 11) is 0. The fourth-order valence-electron chi connectivity index (χ4n) is 3.82. The Balaban J connectivity index is 1.51. The van der Waals surface area contributed by atoms with Gasteiger partial charge in [-0.1, -0.05) is 33.1 Å². The number of benzene rings is 1. The second kappa shape index (κ2) is 10.6. The quantitative estimate of drug-likeness (QED) is 0.520. The van der Waals surface area contributed by atoms with Gasteiger partial charge in [-0.05, 0) is 62.3 Å². The number of carbonyl (C=O) groups is 1. The number of aromatic nitrogens is 1. The zero-order valence-corrected chi connectivity index (χ0v) is 17.9. The minimum Gasteiger partial charge on any atom is -0.494 e. The van der Waals surface area contributed by atoms with Gasteiger partial charge >= 0.3 is 0 Å². The number of carbonyl (C=O) groups excluding carboxylic acids is 1. The summed E-state index contributed by atoms with van der Waals surface area (Å²) in [6.45, 7) is 5.07.